The first kappa shape index (κ1) is 17.5. The Balaban J connectivity index is 1.94. The van der Waals surface area contributed by atoms with Gasteiger partial charge in [-0.1, -0.05) is 29.8 Å². The standard InChI is InChI=1S/C18H26N4S/c1-5-19-18(21-13(2)3)20-11-10-16-12-23-17(22-16)15-8-6-14(4)7-9-15/h6-9,12-13H,5,10-11H2,1-4H3,(H2,19,20,21). The number of nitrogens with zero attached hydrogens (tertiary/aromatic N) is 2. The number of aryl methyl sites for hydroxylation is 1. The molecule has 0 saturated heterocycles. The number of thiazole rings is 1. The van der Waals surface area contributed by atoms with Gasteiger partial charge in [-0.3, -0.25) is 4.99 Å². The molecule has 0 amide bonds. The monoisotopic (exact) mass is 330 g/mol. The van der Waals surface area contributed by atoms with E-state index in [0.717, 1.165) is 36.2 Å². The summed E-state index contributed by atoms with van der Waals surface area (Å²) in [5, 5.41) is 9.79. The lowest BCUT2D eigenvalue weighted by molar-refractivity contribution is 0.700. The summed E-state index contributed by atoms with van der Waals surface area (Å²) in [5.41, 5.74) is 3.56. The summed E-state index contributed by atoms with van der Waals surface area (Å²) in [6.45, 7) is 10.0. The lowest BCUT2D eigenvalue weighted by Crippen LogP contribution is -2.41. The van der Waals surface area contributed by atoms with Crippen LogP contribution in [-0.2, 0) is 6.42 Å². The Morgan fingerprint density at radius 2 is 2.00 bits per heavy atom. The number of hydrogen-bond acceptors (Lipinski definition) is 3. The molecule has 1 aromatic heterocycles. The quantitative estimate of drug-likeness (QED) is 0.628. The molecule has 23 heavy (non-hydrogen) atoms. The van der Waals surface area contributed by atoms with Gasteiger partial charge in [0.05, 0.1) is 5.69 Å². The van der Waals surface area contributed by atoms with Gasteiger partial charge in [0.15, 0.2) is 5.96 Å². The fraction of sp³-hybridized carbons (Fsp3) is 0.444. The van der Waals surface area contributed by atoms with Crippen LogP contribution in [-0.4, -0.2) is 30.1 Å². The van der Waals surface area contributed by atoms with Gasteiger partial charge in [0.1, 0.15) is 5.01 Å². The topological polar surface area (TPSA) is 49.3 Å². The molecule has 0 aliphatic carbocycles. The van der Waals surface area contributed by atoms with E-state index in [-0.39, 0.29) is 0 Å². The maximum Gasteiger partial charge on any atom is 0.191 e. The number of rotatable bonds is 6. The molecule has 0 atom stereocenters. The SMILES string of the molecule is CCNC(=NCCc1csc(-c2ccc(C)cc2)n1)NC(C)C. The summed E-state index contributed by atoms with van der Waals surface area (Å²) in [5.74, 6) is 0.872. The summed E-state index contributed by atoms with van der Waals surface area (Å²) in [4.78, 5) is 9.32. The first-order chi connectivity index (χ1) is 11.1. The van der Waals surface area contributed by atoms with Gasteiger partial charge < -0.3 is 10.6 Å². The fourth-order valence-corrected chi connectivity index (χ4v) is 2.99. The van der Waals surface area contributed by atoms with Crippen molar-refractivity contribution in [3.05, 3.63) is 40.9 Å². The zero-order valence-corrected chi connectivity index (χ0v) is 15.2. The van der Waals surface area contributed by atoms with Crippen molar-refractivity contribution in [2.75, 3.05) is 13.1 Å². The normalized spacial score (nSPS) is 11.8. The Morgan fingerprint density at radius 1 is 1.26 bits per heavy atom. The van der Waals surface area contributed by atoms with Crippen molar-refractivity contribution in [2.24, 2.45) is 4.99 Å². The third kappa shape index (κ3) is 5.67. The summed E-state index contributed by atoms with van der Waals surface area (Å²) in [7, 11) is 0. The van der Waals surface area contributed by atoms with E-state index in [4.69, 9.17) is 4.98 Å². The lowest BCUT2D eigenvalue weighted by Gasteiger charge is -2.13. The Hall–Kier alpha value is -1.88. The van der Waals surface area contributed by atoms with E-state index in [9.17, 15) is 0 Å². The van der Waals surface area contributed by atoms with Crippen molar-refractivity contribution in [1.29, 1.82) is 0 Å². The molecule has 1 aromatic carbocycles. The smallest absolute Gasteiger partial charge is 0.191 e. The number of aliphatic imine (C=N–C) groups is 1. The van der Waals surface area contributed by atoms with Gasteiger partial charge in [0.25, 0.3) is 0 Å². The molecule has 0 fully saturated rings. The minimum atomic E-state index is 0.375. The molecule has 5 heteroatoms. The molecule has 0 aliphatic rings. The molecule has 1 heterocycles. The summed E-state index contributed by atoms with van der Waals surface area (Å²) in [6, 6.07) is 8.89. The van der Waals surface area contributed by atoms with E-state index in [1.807, 2.05) is 0 Å². The van der Waals surface area contributed by atoms with E-state index in [0.29, 0.717) is 6.04 Å². The second kappa shape index (κ2) is 8.67. The maximum absolute atomic E-state index is 4.72. The molecular formula is C18H26N4S. The molecule has 2 N–H and O–H groups in total. The Bertz CT molecular complexity index is 629. The van der Waals surface area contributed by atoms with Crippen LogP contribution < -0.4 is 10.6 Å². The highest BCUT2D eigenvalue weighted by Crippen LogP contribution is 2.24. The van der Waals surface area contributed by atoms with Crippen LogP contribution in [0.2, 0.25) is 0 Å². The Morgan fingerprint density at radius 3 is 2.65 bits per heavy atom. The van der Waals surface area contributed by atoms with Crippen LogP contribution in [0.5, 0.6) is 0 Å². The fourth-order valence-electron chi connectivity index (χ4n) is 2.13. The molecule has 2 aromatic rings. The van der Waals surface area contributed by atoms with Gasteiger partial charge >= 0.3 is 0 Å². The van der Waals surface area contributed by atoms with Crippen molar-refractivity contribution in [2.45, 2.75) is 40.2 Å². The average molecular weight is 331 g/mol. The largest absolute Gasteiger partial charge is 0.357 e. The van der Waals surface area contributed by atoms with Crippen LogP contribution in [0.25, 0.3) is 10.6 Å². The van der Waals surface area contributed by atoms with Crippen LogP contribution in [0.15, 0.2) is 34.6 Å². The third-order valence-corrected chi connectivity index (χ3v) is 4.20. The molecule has 0 radical (unpaired) electrons. The second-order valence-corrected chi connectivity index (χ2v) is 6.68. The minimum absolute atomic E-state index is 0.375. The predicted octanol–water partition coefficient (Wildman–Crippen LogP) is 3.62. The highest BCUT2D eigenvalue weighted by atomic mass is 32.1. The molecule has 0 aliphatic heterocycles. The molecular weight excluding hydrogens is 304 g/mol. The van der Waals surface area contributed by atoms with Crippen LogP contribution >= 0.6 is 11.3 Å². The van der Waals surface area contributed by atoms with Crippen LogP contribution in [0, 0.1) is 6.92 Å². The van der Waals surface area contributed by atoms with Crippen molar-refractivity contribution in [1.82, 2.24) is 15.6 Å². The number of aromatic nitrogens is 1. The first-order valence-electron chi connectivity index (χ1n) is 8.14. The van der Waals surface area contributed by atoms with E-state index < -0.39 is 0 Å². The van der Waals surface area contributed by atoms with E-state index in [1.165, 1.54) is 11.1 Å². The Kier molecular flexibility index (Phi) is 6.59. The van der Waals surface area contributed by atoms with Gasteiger partial charge in [-0.25, -0.2) is 4.98 Å². The van der Waals surface area contributed by atoms with Crippen LogP contribution in [0.1, 0.15) is 32.0 Å². The number of benzene rings is 1. The number of hydrogen-bond donors (Lipinski definition) is 2. The molecule has 0 spiro atoms. The summed E-state index contributed by atoms with van der Waals surface area (Å²) < 4.78 is 0. The molecule has 0 bridgehead atoms. The summed E-state index contributed by atoms with van der Waals surface area (Å²) >= 11 is 1.70. The van der Waals surface area contributed by atoms with Crippen molar-refractivity contribution < 1.29 is 0 Å². The molecule has 0 saturated carbocycles. The van der Waals surface area contributed by atoms with Gasteiger partial charge in [0.2, 0.25) is 0 Å². The van der Waals surface area contributed by atoms with Crippen LogP contribution in [0.4, 0.5) is 0 Å². The first-order valence-corrected chi connectivity index (χ1v) is 9.02. The number of nitrogens with one attached hydrogen (secondary N) is 2. The van der Waals surface area contributed by atoms with E-state index in [2.05, 4.69) is 73.0 Å². The average Bonchev–Trinajstić information content (AvgIpc) is 2.96. The highest BCUT2D eigenvalue weighted by molar-refractivity contribution is 7.13. The summed E-state index contributed by atoms with van der Waals surface area (Å²) in [6.07, 6.45) is 0.858. The van der Waals surface area contributed by atoms with Gasteiger partial charge in [-0.05, 0) is 27.7 Å². The Labute approximate surface area is 143 Å². The predicted molar refractivity (Wildman–Crippen MR) is 100 cm³/mol. The molecule has 0 unspecified atom stereocenters. The molecule has 124 valence electrons. The second-order valence-electron chi connectivity index (χ2n) is 5.82. The maximum atomic E-state index is 4.72. The zero-order valence-electron chi connectivity index (χ0n) is 14.4. The lowest BCUT2D eigenvalue weighted by atomic mass is 10.2. The van der Waals surface area contributed by atoms with Crippen LogP contribution in [0.3, 0.4) is 0 Å². The molecule has 4 nitrogen and oxygen atoms in total. The van der Waals surface area contributed by atoms with Gasteiger partial charge in [-0.2, -0.15) is 0 Å². The van der Waals surface area contributed by atoms with E-state index >= 15 is 0 Å². The third-order valence-electron chi connectivity index (χ3n) is 3.26. The minimum Gasteiger partial charge on any atom is -0.357 e. The number of guanidine groups is 1. The highest BCUT2D eigenvalue weighted by Gasteiger charge is 2.05. The van der Waals surface area contributed by atoms with Gasteiger partial charge in [-0.15, -0.1) is 11.3 Å². The van der Waals surface area contributed by atoms with Crippen molar-refractivity contribution >= 4 is 17.3 Å². The van der Waals surface area contributed by atoms with Crippen molar-refractivity contribution in [3.8, 4) is 10.6 Å². The zero-order chi connectivity index (χ0) is 16.7. The van der Waals surface area contributed by atoms with Gasteiger partial charge in [0, 0.05) is 36.5 Å². The van der Waals surface area contributed by atoms with E-state index in [1.54, 1.807) is 11.3 Å². The molecule has 2 rings (SSSR count). The van der Waals surface area contributed by atoms with Crippen molar-refractivity contribution in [3.63, 3.8) is 0 Å².